The normalized spacial score (nSPS) is 13.6. The second kappa shape index (κ2) is 4.24. The number of carbonyl (C=O) groups is 2. The molecule has 94 valence electrons. The fourth-order valence-corrected chi connectivity index (χ4v) is 2.16. The zero-order valence-electron chi connectivity index (χ0n) is 10.3. The van der Waals surface area contributed by atoms with E-state index in [1.54, 1.807) is 55.6 Å². The van der Waals surface area contributed by atoms with Crippen molar-refractivity contribution in [2.75, 3.05) is 12.0 Å². The van der Waals surface area contributed by atoms with Gasteiger partial charge in [0.2, 0.25) is 0 Å². The third-order valence-electron chi connectivity index (χ3n) is 3.12. The van der Waals surface area contributed by atoms with Crippen LogP contribution in [-0.2, 0) is 0 Å². The van der Waals surface area contributed by atoms with Crippen LogP contribution < -0.4 is 9.64 Å². The summed E-state index contributed by atoms with van der Waals surface area (Å²) in [7, 11) is 1.57. The molecular weight excluding hydrogens is 242 g/mol. The highest BCUT2D eigenvalue weighted by Gasteiger charge is 2.36. The van der Waals surface area contributed by atoms with Gasteiger partial charge in [-0.3, -0.25) is 9.59 Å². The van der Waals surface area contributed by atoms with E-state index in [-0.39, 0.29) is 11.8 Å². The van der Waals surface area contributed by atoms with Gasteiger partial charge in [-0.05, 0) is 36.4 Å². The Morgan fingerprint density at radius 3 is 1.84 bits per heavy atom. The summed E-state index contributed by atoms with van der Waals surface area (Å²) in [5.74, 6) is 0.108. The first-order valence-corrected chi connectivity index (χ1v) is 5.84. The standard InChI is InChI=1S/C15H11NO3/c1-19-11-8-6-10(7-9-11)16-14(17)12-4-2-3-5-13(12)15(16)18/h2-9H,1H3. The van der Waals surface area contributed by atoms with Crippen LogP contribution in [0.2, 0.25) is 0 Å². The number of anilines is 1. The number of carbonyl (C=O) groups excluding carboxylic acids is 2. The maximum atomic E-state index is 12.2. The SMILES string of the molecule is COc1ccc(N2C(=O)c3ccccc3C2=O)cc1. The number of fused-ring (bicyclic) bond motifs is 1. The monoisotopic (exact) mass is 253 g/mol. The Labute approximate surface area is 110 Å². The number of hydrogen-bond donors (Lipinski definition) is 0. The third kappa shape index (κ3) is 1.69. The lowest BCUT2D eigenvalue weighted by atomic mass is 10.1. The van der Waals surface area contributed by atoms with Crippen molar-refractivity contribution in [3.63, 3.8) is 0 Å². The molecule has 0 fully saturated rings. The topological polar surface area (TPSA) is 46.6 Å². The van der Waals surface area contributed by atoms with E-state index in [2.05, 4.69) is 0 Å². The quantitative estimate of drug-likeness (QED) is 0.772. The summed E-state index contributed by atoms with van der Waals surface area (Å²) in [5, 5.41) is 0. The molecule has 1 aliphatic rings. The minimum atomic E-state index is -0.286. The van der Waals surface area contributed by atoms with Crippen molar-refractivity contribution in [2.24, 2.45) is 0 Å². The smallest absolute Gasteiger partial charge is 0.266 e. The fraction of sp³-hybridized carbons (Fsp3) is 0.0667. The van der Waals surface area contributed by atoms with Gasteiger partial charge in [0.15, 0.2) is 0 Å². The van der Waals surface area contributed by atoms with Crippen molar-refractivity contribution in [2.45, 2.75) is 0 Å². The number of methoxy groups -OCH3 is 1. The number of amides is 2. The predicted octanol–water partition coefficient (Wildman–Crippen LogP) is 2.50. The van der Waals surface area contributed by atoms with Gasteiger partial charge in [-0.1, -0.05) is 12.1 Å². The molecule has 0 aromatic heterocycles. The highest BCUT2D eigenvalue weighted by molar-refractivity contribution is 6.34. The van der Waals surface area contributed by atoms with Crippen LogP contribution in [0.15, 0.2) is 48.5 Å². The van der Waals surface area contributed by atoms with Crippen LogP contribution >= 0.6 is 0 Å². The second-order valence-electron chi connectivity index (χ2n) is 4.19. The molecule has 1 aliphatic heterocycles. The van der Waals surface area contributed by atoms with Gasteiger partial charge in [0.05, 0.1) is 23.9 Å². The lowest BCUT2D eigenvalue weighted by Gasteiger charge is -2.14. The predicted molar refractivity (Wildman–Crippen MR) is 70.6 cm³/mol. The summed E-state index contributed by atoms with van der Waals surface area (Å²) in [5.41, 5.74) is 1.44. The van der Waals surface area contributed by atoms with E-state index in [4.69, 9.17) is 4.74 Å². The molecule has 0 unspecified atom stereocenters. The van der Waals surface area contributed by atoms with Crippen LogP contribution in [0.5, 0.6) is 5.75 Å². The van der Waals surface area contributed by atoms with Crippen LogP contribution in [-0.4, -0.2) is 18.9 Å². The largest absolute Gasteiger partial charge is 0.497 e. The van der Waals surface area contributed by atoms with E-state index < -0.39 is 0 Å². The van der Waals surface area contributed by atoms with Gasteiger partial charge in [-0.25, -0.2) is 4.90 Å². The highest BCUT2D eigenvalue weighted by Crippen LogP contribution is 2.29. The van der Waals surface area contributed by atoms with Crippen molar-refractivity contribution in [1.29, 1.82) is 0 Å². The van der Waals surface area contributed by atoms with Gasteiger partial charge in [0, 0.05) is 0 Å². The first kappa shape index (κ1) is 11.5. The third-order valence-corrected chi connectivity index (χ3v) is 3.12. The molecule has 2 aromatic carbocycles. The van der Waals surface area contributed by atoms with E-state index in [0.29, 0.717) is 22.6 Å². The minimum Gasteiger partial charge on any atom is -0.497 e. The zero-order valence-corrected chi connectivity index (χ0v) is 10.3. The Hall–Kier alpha value is -2.62. The number of ether oxygens (including phenoxy) is 1. The molecule has 0 aliphatic carbocycles. The van der Waals surface area contributed by atoms with E-state index in [1.807, 2.05) is 0 Å². The van der Waals surface area contributed by atoms with Crippen molar-refractivity contribution >= 4 is 17.5 Å². The Bertz CT molecular complexity index is 626. The molecule has 0 saturated heterocycles. The first-order chi connectivity index (χ1) is 9.22. The van der Waals surface area contributed by atoms with Crippen LogP contribution in [0.25, 0.3) is 0 Å². The average Bonchev–Trinajstić information content (AvgIpc) is 2.72. The Morgan fingerprint density at radius 1 is 0.842 bits per heavy atom. The van der Waals surface area contributed by atoms with Gasteiger partial charge < -0.3 is 4.74 Å². The molecule has 4 heteroatoms. The van der Waals surface area contributed by atoms with Crippen LogP contribution in [0.3, 0.4) is 0 Å². The van der Waals surface area contributed by atoms with Crippen molar-refractivity contribution in [1.82, 2.24) is 0 Å². The van der Waals surface area contributed by atoms with Gasteiger partial charge in [-0.15, -0.1) is 0 Å². The second-order valence-corrected chi connectivity index (χ2v) is 4.19. The van der Waals surface area contributed by atoms with Crippen molar-refractivity contribution in [3.05, 3.63) is 59.7 Å². The molecule has 0 spiro atoms. The number of imide groups is 1. The maximum absolute atomic E-state index is 12.2. The van der Waals surface area contributed by atoms with E-state index in [9.17, 15) is 9.59 Å². The Balaban J connectivity index is 2.03. The van der Waals surface area contributed by atoms with Crippen LogP contribution in [0.1, 0.15) is 20.7 Å². The maximum Gasteiger partial charge on any atom is 0.266 e. The fourth-order valence-electron chi connectivity index (χ4n) is 2.16. The number of nitrogens with zero attached hydrogens (tertiary/aromatic N) is 1. The molecule has 2 amide bonds. The molecule has 0 radical (unpaired) electrons. The molecule has 19 heavy (non-hydrogen) atoms. The minimum absolute atomic E-state index is 0.286. The van der Waals surface area contributed by atoms with Gasteiger partial charge >= 0.3 is 0 Å². The molecule has 0 N–H and O–H groups in total. The number of rotatable bonds is 2. The Morgan fingerprint density at radius 2 is 1.37 bits per heavy atom. The zero-order chi connectivity index (χ0) is 13.4. The lowest BCUT2D eigenvalue weighted by Crippen LogP contribution is -2.29. The summed E-state index contributed by atoms with van der Waals surface area (Å²) >= 11 is 0. The summed E-state index contributed by atoms with van der Waals surface area (Å²) in [6.07, 6.45) is 0. The summed E-state index contributed by atoms with van der Waals surface area (Å²) < 4.78 is 5.06. The van der Waals surface area contributed by atoms with E-state index in [1.165, 1.54) is 4.90 Å². The first-order valence-electron chi connectivity index (χ1n) is 5.84. The highest BCUT2D eigenvalue weighted by atomic mass is 16.5. The summed E-state index contributed by atoms with van der Waals surface area (Å²) in [6.45, 7) is 0. The van der Waals surface area contributed by atoms with E-state index >= 15 is 0 Å². The van der Waals surface area contributed by atoms with E-state index in [0.717, 1.165) is 0 Å². The number of hydrogen-bond acceptors (Lipinski definition) is 3. The average molecular weight is 253 g/mol. The van der Waals surface area contributed by atoms with Gasteiger partial charge in [0.25, 0.3) is 11.8 Å². The summed E-state index contributed by atoms with van der Waals surface area (Å²) in [4.78, 5) is 25.7. The van der Waals surface area contributed by atoms with Crippen LogP contribution in [0.4, 0.5) is 5.69 Å². The molecule has 1 heterocycles. The van der Waals surface area contributed by atoms with Gasteiger partial charge in [-0.2, -0.15) is 0 Å². The molecule has 2 aromatic rings. The van der Waals surface area contributed by atoms with Crippen LogP contribution in [0, 0.1) is 0 Å². The van der Waals surface area contributed by atoms with Crippen molar-refractivity contribution in [3.8, 4) is 5.75 Å². The molecule has 0 bridgehead atoms. The molecular formula is C15H11NO3. The molecule has 4 nitrogen and oxygen atoms in total. The van der Waals surface area contributed by atoms with Crippen molar-refractivity contribution < 1.29 is 14.3 Å². The molecule has 0 atom stereocenters. The van der Waals surface area contributed by atoms with Gasteiger partial charge in [0.1, 0.15) is 5.75 Å². The lowest BCUT2D eigenvalue weighted by molar-refractivity contribution is 0.0926. The molecule has 0 saturated carbocycles. The number of benzene rings is 2. The summed E-state index contributed by atoms with van der Waals surface area (Å²) in [6, 6.07) is 13.7. The Kier molecular flexibility index (Phi) is 2.56. The molecule has 3 rings (SSSR count).